The summed E-state index contributed by atoms with van der Waals surface area (Å²) in [6, 6.07) is 5.94. The van der Waals surface area contributed by atoms with E-state index in [-0.39, 0.29) is 29.5 Å². The van der Waals surface area contributed by atoms with Crippen LogP contribution in [0.25, 0.3) is 0 Å². The first-order valence-corrected chi connectivity index (χ1v) is 9.47. The molecule has 1 aliphatic heterocycles. The van der Waals surface area contributed by atoms with Crippen LogP contribution in [0, 0.1) is 17.7 Å². The van der Waals surface area contributed by atoms with Gasteiger partial charge in [-0.25, -0.2) is 4.39 Å². The summed E-state index contributed by atoms with van der Waals surface area (Å²) < 4.78 is 17.7. The fourth-order valence-corrected chi connectivity index (χ4v) is 3.76. The van der Waals surface area contributed by atoms with E-state index in [1.807, 2.05) is 0 Å². The van der Waals surface area contributed by atoms with Crippen LogP contribution >= 0.6 is 0 Å². The summed E-state index contributed by atoms with van der Waals surface area (Å²) in [7, 11) is 0. The van der Waals surface area contributed by atoms with E-state index in [0.717, 1.165) is 23.3 Å². The number of nitrogens with zero attached hydrogens (tertiary/aromatic N) is 1. The van der Waals surface area contributed by atoms with Crippen molar-refractivity contribution in [1.29, 1.82) is 0 Å². The zero-order chi connectivity index (χ0) is 20.1. The molecule has 1 aromatic rings. The SMILES string of the molecule is O=C(COC(=O)CN1C(=O)[C@H]2CCCC[C@H]2C1=O)NCCc1ccc(F)cc1. The summed E-state index contributed by atoms with van der Waals surface area (Å²) in [4.78, 5) is 49.3. The maximum absolute atomic E-state index is 12.8. The van der Waals surface area contributed by atoms with Crippen LogP contribution in [-0.4, -0.2) is 48.3 Å². The monoisotopic (exact) mass is 390 g/mol. The van der Waals surface area contributed by atoms with Gasteiger partial charge in [-0.15, -0.1) is 0 Å². The summed E-state index contributed by atoms with van der Waals surface area (Å²) in [5.74, 6) is -2.84. The first-order valence-electron chi connectivity index (χ1n) is 9.47. The number of imide groups is 1. The van der Waals surface area contributed by atoms with Gasteiger partial charge in [0.2, 0.25) is 11.8 Å². The Morgan fingerprint density at radius 1 is 1.07 bits per heavy atom. The number of carbonyl (C=O) groups excluding carboxylic acids is 4. The lowest BCUT2D eigenvalue weighted by Crippen LogP contribution is -2.38. The van der Waals surface area contributed by atoms with Crippen LogP contribution in [0.4, 0.5) is 4.39 Å². The number of ether oxygens (including phenoxy) is 1. The molecule has 0 spiro atoms. The fourth-order valence-electron chi connectivity index (χ4n) is 3.76. The molecule has 1 aliphatic carbocycles. The minimum atomic E-state index is -0.783. The number of esters is 1. The minimum Gasteiger partial charge on any atom is -0.454 e. The second-order valence-electron chi connectivity index (χ2n) is 7.15. The van der Waals surface area contributed by atoms with E-state index >= 15 is 0 Å². The smallest absolute Gasteiger partial charge is 0.326 e. The van der Waals surface area contributed by atoms with Gasteiger partial charge in [-0.3, -0.25) is 24.1 Å². The van der Waals surface area contributed by atoms with Crippen molar-refractivity contribution in [2.75, 3.05) is 19.7 Å². The molecule has 28 heavy (non-hydrogen) atoms. The van der Waals surface area contributed by atoms with Crippen molar-refractivity contribution in [3.8, 4) is 0 Å². The average Bonchev–Trinajstić information content (AvgIpc) is 2.93. The Kier molecular flexibility index (Phi) is 6.38. The molecule has 0 aromatic heterocycles. The van der Waals surface area contributed by atoms with Gasteiger partial charge in [0.1, 0.15) is 12.4 Å². The number of fused-ring (bicyclic) bond motifs is 1. The molecule has 1 N–H and O–H groups in total. The highest BCUT2D eigenvalue weighted by Crippen LogP contribution is 2.37. The van der Waals surface area contributed by atoms with Gasteiger partial charge in [-0.05, 0) is 37.0 Å². The lowest BCUT2D eigenvalue weighted by atomic mass is 9.81. The first kappa shape index (κ1) is 20.0. The van der Waals surface area contributed by atoms with E-state index in [4.69, 9.17) is 4.74 Å². The van der Waals surface area contributed by atoms with Crippen LogP contribution < -0.4 is 5.32 Å². The Hall–Kier alpha value is -2.77. The average molecular weight is 390 g/mol. The van der Waals surface area contributed by atoms with Crippen LogP contribution in [0.2, 0.25) is 0 Å². The third-order valence-corrected chi connectivity index (χ3v) is 5.23. The molecular formula is C20H23FN2O5. The molecule has 1 heterocycles. The molecule has 0 unspecified atom stereocenters. The summed E-state index contributed by atoms with van der Waals surface area (Å²) >= 11 is 0. The topological polar surface area (TPSA) is 92.8 Å². The highest BCUT2D eigenvalue weighted by atomic mass is 19.1. The van der Waals surface area contributed by atoms with Crippen LogP contribution in [0.5, 0.6) is 0 Å². The molecule has 0 bridgehead atoms. The predicted octanol–water partition coefficient (Wildman–Crippen LogP) is 1.20. The van der Waals surface area contributed by atoms with Gasteiger partial charge in [0.15, 0.2) is 6.61 Å². The standard InChI is InChI=1S/C20H23FN2O5/c21-14-7-5-13(6-8-14)9-10-22-17(24)12-28-18(25)11-23-19(26)15-3-1-2-4-16(15)20(23)27/h5-8,15-16H,1-4,9-12H2,(H,22,24)/t15-,16+. The summed E-state index contributed by atoms with van der Waals surface area (Å²) in [5.41, 5.74) is 0.867. The maximum atomic E-state index is 12.8. The number of hydrogen-bond donors (Lipinski definition) is 1. The number of amides is 3. The lowest BCUT2D eigenvalue weighted by molar-refractivity contribution is -0.154. The third kappa shape index (κ3) is 4.74. The molecule has 8 heteroatoms. The number of rotatable bonds is 7. The van der Waals surface area contributed by atoms with E-state index in [1.165, 1.54) is 12.1 Å². The molecule has 3 rings (SSSR count). The number of halogens is 1. The minimum absolute atomic E-state index is 0.310. The summed E-state index contributed by atoms with van der Waals surface area (Å²) in [6.07, 6.45) is 3.70. The van der Waals surface area contributed by atoms with Gasteiger partial charge in [0.05, 0.1) is 11.8 Å². The van der Waals surface area contributed by atoms with Gasteiger partial charge in [-0.1, -0.05) is 25.0 Å². The number of benzene rings is 1. The largest absolute Gasteiger partial charge is 0.454 e. The van der Waals surface area contributed by atoms with Crippen molar-refractivity contribution in [2.24, 2.45) is 11.8 Å². The van der Waals surface area contributed by atoms with Gasteiger partial charge in [-0.2, -0.15) is 0 Å². The van der Waals surface area contributed by atoms with E-state index in [9.17, 15) is 23.6 Å². The highest BCUT2D eigenvalue weighted by molar-refractivity contribution is 6.07. The van der Waals surface area contributed by atoms with Crippen LogP contribution in [0.1, 0.15) is 31.2 Å². The van der Waals surface area contributed by atoms with Crippen LogP contribution in [0.3, 0.4) is 0 Å². The molecule has 2 atom stereocenters. The normalized spacial score (nSPS) is 21.4. The Balaban J connectivity index is 1.38. The van der Waals surface area contributed by atoms with E-state index in [0.29, 0.717) is 25.8 Å². The van der Waals surface area contributed by atoms with Crippen molar-refractivity contribution in [2.45, 2.75) is 32.1 Å². The number of hydrogen-bond acceptors (Lipinski definition) is 5. The molecule has 7 nitrogen and oxygen atoms in total. The third-order valence-electron chi connectivity index (χ3n) is 5.23. The van der Waals surface area contributed by atoms with E-state index < -0.39 is 25.0 Å². The summed E-state index contributed by atoms with van der Waals surface area (Å²) in [6.45, 7) is -0.618. The second-order valence-corrected chi connectivity index (χ2v) is 7.15. The Morgan fingerprint density at radius 3 is 2.29 bits per heavy atom. The van der Waals surface area contributed by atoms with Crippen LogP contribution in [-0.2, 0) is 30.3 Å². The maximum Gasteiger partial charge on any atom is 0.326 e. The summed E-state index contributed by atoms with van der Waals surface area (Å²) in [5, 5.41) is 2.60. The van der Waals surface area contributed by atoms with Crippen molar-refractivity contribution in [3.63, 3.8) is 0 Å². The molecule has 150 valence electrons. The van der Waals surface area contributed by atoms with Crippen LogP contribution in [0.15, 0.2) is 24.3 Å². The number of nitrogens with one attached hydrogen (secondary N) is 1. The van der Waals surface area contributed by atoms with E-state index in [1.54, 1.807) is 12.1 Å². The van der Waals surface area contributed by atoms with Crippen molar-refractivity contribution in [1.82, 2.24) is 10.2 Å². The molecule has 1 aromatic carbocycles. The number of likely N-dealkylation sites (tertiary alicyclic amines) is 1. The molecule has 2 aliphatic rings. The molecule has 1 saturated carbocycles. The van der Waals surface area contributed by atoms with Crippen molar-refractivity contribution < 1.29 is 28.3 Å². The number of carbonyl (C=O) groups is 4. The molecule has 2 fully saturated rings. The van der Waals surface area contributed by atoms with Gasteiger partial charge >= 0.3 is 5.97 Å². The van der Waals surface area contributed by atoms with Gasteiger partial charge in [0, 0.05) is 6.54 Å². The predicted molar refractivity (Wildman–Crippen MR) is 96.2 cm³/mol. The van der Waals surface area contributed by atoms with E-state index in [2.05, 4.69) is 5.32 Å². The van der Waals surface area contributed by atoms with Gasteiger partial charge < -0.3 is 10.1 Å². The Labute approximate surface area is 162 Å². The highest BCUT2D eigenvalue weighted by Gasteiger charge is 2.48. The van der Waals surface area contributed by atoms with Crippen molar-refractivity contribution >= 4 is 23.7 Å². The lowest BCUT2D eigenvalue weighted by Gasteiger charge is -2.19. The van der Waals surface area contributed by atoms with Gasteiger partial charge in [0.25, 0.3) is 5.91 Å². The fraction of sp³-hybridized carbons (Fsp3) is 0.500. The molecule has 3 amide bonds. The molecule has 0 radical (unpaired) electrons. The zero-order valence-corrected chi connectivity index (χ0v) is 15.5. The quantitative estimate of drug-likeness (QED) is 0.558. The van der Waals surface area contributed by atoms with Crippen molar-refractivity contribution in [3.05, 3.63) is 35.6 Å². The second kappa shape index (κ2) is 8.95. The Bertz CT molecular complexity index is 740. The first-order chi connectivity index (χ1) is 13.5. The zero-order valence-electron chi connectivity index (χ0n) is 15.5. The Morgan fingerprint density at radius 2 is 1.68 bits per heavy atom. The molecule has 1 saturated heterocycles. The molecular weight excluding hydrogens is 367 g/mol.